The topological polar surface area (TPSA) is 89.5 Å². The zero-order valence-electron chi connectivity index (χ0n) is 12.8. The zero-order chi connectivity index (χ0) is 16.6. The third-order valence-electron chi connectivity index (χ3n) is 4.16. The molecule has 3 rings (SSSR count). The van der Waals surface area contributed by atoms with Crippen molar-refractivity contribution < 1.29 is 22.7 Å². The lowest BCUT2D eigenvalue weighted by Crippen LogP contribution is -2.24. The van der Waals surface area contributed by atoms with Crippen LogP contribution in [0.2, 0.25) is 0 Å². The molecule has 0 radical (unpaired) electrons. The maximum Gasteiger partial charge on any atom is 0.341 e. The van der Waals surface area contributed by atoms with Gasteiger partial charge in [0.15, 0.2) is 9.84 Å². The van der Waals surface area contributed by atoms with E-state index in [0.717, 1.165) is 18.4 Å². The second-order valence-corrected chi connectivity index (χ2v) is 9.09. The molecule has 0 spiro atoms. The van der Waals surface area contributed by atoms with Crippen LogP contribution in [0.5, 0.6) is 0 Å². The van der Waals surface area contributed by atoms with Gasteiger partial charge in [0.05, 0.1) is 29.6 Å². The minimum atomic E-state index is -3.12. The van der Waals surface area contributed by atoms with Crippen LogP contribution in [0.4, 0.5) is 5.00 Å². The molecular weight excluding hydrogens is 338 g/mol. The highest BCUT2D eigenvalue weighted by atomic mass is 32.2. The quantitative estimate of drug-likeness (QED) is 0.816. The van der Waals surface area contributed by atoms with E-state index in [4.69, 9.17) is 4.74 Å². The normalized spacial score (nSPS) is 22.7. The molecule has 0 aromatic carbocycles. The van der Waals surface area contributed by atoms with E-state index in [1.807, 2.05) is 5.38 Å². The predicted molar refractivity (Wildman–Crippen MR) is 87.6 cm³/mol. The second kappa shape index (κ2) is 6.24. The van der Waals surface area contributed by atoms with E-state index in [2.05, 4.69) is 5.32 Å². The Labute approximate surface area is 139 Å². The van der Waals surface area contributed by atoms with Crippen LogP contribution < -0.4 is 5.32 Å². The van der Waals surface area contributed by atoms with Gasteiger partial charge in [-0.3, -0.25) is 4.79 Å². The van der Waals surface area contributed by atoms with Gasteiger partial charge in [0.2, 0.25) is 5.91 Å². The largest absolute Gasteiger partial charge is 0.462 e. The number of hydrogen-bond acceptors (Lipinski definition) is 6. The summed E-state index contributed by atoms with van der Waals surface area (Å²) in [4.78, 5) is 24.5. The Morgan fingerprint density at radius 3 is 2.65 bits per heavy atom. The molecule has 6 nitrogen and oxygen atoms in total. The van der Waals surface area contributed by atoms with Crippen molar-refractivity contribution in [3.05, 3.63) is 16.5 Å². The summed E-state index contributed by atoms with van der Waals surface area (Å²) in [5.74, 6) is -1.00. The average Bonchev–Trinajstić information content (AvgIpc) is 3.14. The molecule has 1 aliphatic heterocycles. The van der Waals surface area contributed by atoms with Crippen LogP contribution in [0, 0.1) is 5.92 Å². The van der Waals surface area contributed by atoms with Gasteiger partial charge in [-0.2, -0.15) is 0 Å². The van der Waals surface area contributed by atoms with Crippen LogP contribution in [0.3, 0.4) is 0 Å². The van der Waals surface area contributed by atoms with E-state index in [1.54, 1.807) is 6.92 Å². The summed E-state index contributed by atoms with van der Waals surface area (Å²) in [5.41, 5.74) is 1.37. The Morgan fingerprint density at radius 2 is 2.09 bits per heavy atom. The molecule has 126 valence electrons. The molecule has 1 saturated carbocycles. The van der Waals surface area contributed by atoms with E-state index < -0.39 is 21.7 Å². The van der Waals surface area contributed by atoms with Crippen LogP contribution in [0.25, 0.3) is 0 Å². The molecule has 2 aliphatic rings. The molecule has 1 saturated heterocycles. The molecule has 1 unspecified atom stereocenters. The molecule has 2 fully saturated rings. The van der Waals surface area contributed by atoms with E-state index in [9.17, 15) is 18.0 Å². The van der Waals surface area contributed by atoms with E-state index >= 15 is 0 Å². The van der Waals surface area contributed by atoms with Crippen molar-refractivity contribution in [2.45, 2.75) is 32.1 Å². The van der Waals surface area contributed by atoms with Crippen molar-refractivity contribution in [2.75, 3.05) is 23.4 Å². The number of hydrogen-bond donors (Lipinski definition) is 1. The zero-order valence-corrected chi connectivity index (χ0v) is 14.5. The fourth-order valence-electron chi connectivity index (χ4n) is 2.79. The van der Waals surface area contributed by atoms with Gasteiger partial charge >= 0.3 is 5.97 Å². The maximum atomic E-state index is 12.3. The molecule has 0 bridgehead atoms. The third-order valence-corrected chi connectivity index (χ3v) is 6.84. The minimum Gasteiger partial charge on any atom is -0.462 e. The Bertz CT molecular complexity index is 733. The lowest BCUT2D eigenvalue weighted by atomic mass is 10.1. The molecule has 1 aliphatic carbocycles. The van der Waals surface area contributed by atoms with E-state index in [-0.39, 0.29) is 24.0 Å². The molecule has 2 heterocycles. The summed E-state index contributed by atoms with van der Waals surface area (Å²) in [6.45, 7) is 2.01. The van der Waals surface area contributed by atoms with Gasteiger partial charge in [0.1, 0.15) is 5.00 Å². The van der Waals surface area contributed by atoms with Crippen LogP contribution in [0.1, 0.15) is 48.0 Å². The highest BCUT2D eigenvalue weighted by Crippen LogP contribution is 2.46. The van der Waals surface area contributed by atoms with Gasteiger partial charge in [-0.15, -0.1) is 11.3 Å². The number of amides is 1. The molecule has 1 aromatic rings. The molecule has 1 aromatic heterocycles. The number of nitrogens with one attached hydrogen (secondary N) is 1. The van der Waals surface area contributed by atoms with Crippen LogP contribution in [0.15, 0.2) is 5.38 Å². The first-order valence-corrected chi connectivity index (χ1v) is 10.4. The molecule has 23 heavy (non-hydrogen) atoms. The number of ether oxygens (including phenoxy) is 1. The first-order valence-electron chi connectivity index (χ1n) is 7.71. The molecular formula is C15H19NO5S2. The van der Waals surface area contributed by atoms with Crippen molar-refractivity contribution >= 4 is 38.1 Å². The van der Waals surface area contributed by atoms with Crippen molar-refractivity contribution in [3.8, 4) is 0 Å². The van der Waals surface area contributed by atoms with Gasteiger partial charge in [-0.25, -0.2) is 13.2 Å². The monoisotopic (exact) mass is 357 g/mol. The number of carbonyl (C=O) groups excluding carboxylic acids is 2. The molecule has 1 amide bonds. The minimum absolute atomic E-state index is 0.0492. The van der Waals surface area contributed by atoms with Crippen molar-refractivity contribution in [3.63, 3.8) is 0 Å². The van der Waals surface area contributed by atoms with Gasteiger partial charge in [-0.1, -0.05) is 0 Å². The number of thiophene rings is 1. The highest BCUT2D eigenvalue weighted by molar-refractivity contribution is 7.91. The first-order chi connectivity index (χ1) is 10.9. The predicted octanol–water partition coefficient (Wildman–Crippen LogP) is 2.18. The summed E-state index contributed by atoms with van der Waals surface area (Å²) >= 11 is 1.30. The number of rotatable bonds is 5. The Kier molecular flexibility index (Phi) is 4.46. The highest BCUT2D eigenvalue weighted by Gasteiger charge is 2.35. The number of sulfone groups is 1. The molecule has 1 N–H and O–H groups in total. The molecule has 1 atom stereocenters. The van der Waals surface area contributed by atoms with Crippen LogP contribution in [-0.2, 0) is 19.4 Å². The maximum absolute atomic E-state index is 12.3. The van der Waals surface area contributed by atoms with Crippen molar-refractivity contribution in [2.24, 2.45) is 5.92 Å². The summed E-state index contributed by atoms with van der Waals surface area (Å²) < 4.78 is 28.1. The van der Waals surface area contributed by atoms with Gasteiger partial charge in [0.25, 0.3) is 0 Å². The van der Waals surface area contributed by atoms with E-state index in [1.165, 1.54) is 11.3 Å². The lowest BCUT2D eigenvalue weighted by Gasteiger charge is -2.10. The smallest absolute Gasteiger partial charge is 0.341 e. The fourth-order valence-corrected chi connectivity index (χ4v) is 5.56. The Hall–Kier alpha value is -1.41. The van der Waals surface area contributed by atoms with Gasteiger partial charge in [0, 0.05) is 0 Å². The molecule has 8 heteroatoms. The number of anilines is 1. The van der Waals surface area contributed by atoms with Crippen molar-refractivity contribution in [1.29, 1.82) is 0 Å². The van der Waals surface area contributed by atoms with Crippen molar-refractivity contribution in [1.82, 2.24) is 0 Å². The fraction of sp³-hybridized carbons (Fsp3) is 0.600. The standard InChI is InChI=1S/C15H19NO5S2/c1-2-21-15(18)12-11(9-3-4-9)7-22-14(12)16-13(17)10-5-6-23(19,20)8-10/h7,9-10H,2-6,8H2,1H3,(H,16,17). The lowest BCUT2D eigenvalue weighted by molar-refractivity contribution is -0.119. The van der Waals surface area contributed by atoms with Gasteiger partial charge in [-0.05, 0) is 43.0 Å². The number of esters is 1. The first kappa shape index (κ1) is 16.4. The Morgan fingerprint density at radius 1 is 1.35 bits per heavy atom. The number of carbonyl (C=O) groups is 2. The summed E-state index contributed by atoms with van der Waals surface area (Å²) in [6, 6.07) is 0. The summed E-state index contributed by atoms with van der Waals surface area (Å²) in [6.07, 6.45) is 2.42. The van der Waals surface area contributed by atoms with Gasteiger partial charge < -0.3 is 10.1 Å². The Balaban J connectivity index is 1.79. The van der Waals surface area contributed by atoms with E-state index in [0.29, 0.717) is 22.9 Å². The summed E-state index contributed by atoms with van der Waals surface area (Å²) in [7, 11) is -3.12. The van der Waals surface area contributed by atoms with Crippen LogP contribution in [-0.4, -0.2) is 38.4 Å². The average molecular weight is 357 g/mol. The SMILES string of the molecule is CCOC(=O)c1c(C2CC2)csc1NC(=O)C1CCS(=O)(=O)C1. The van der Waals surface area contributed by atoms with Crippen LogP contribution >= 0.6 is 11.3 Å². The second-order valence-electron chi connectivity index (χ2n) is 5.98. The third kappa shape index (κ3) is 3.58. The summed E-state index contributed by atoms with van der Waals surface area (Å²) in [5, 5.41) is 5.11.